The van der Waals surface area contributed by atoms with Gasteiger partial charge in [-0.1, -0.05) is 26.0 Å². The maximum Gasteiger partial charge on any atom is 0.251 e. The number of hydrogen-bond acceptors (Lipinski definition) is 3. The van der Waals surface area contributed by atoms with Crippen LogP contribution in [0.4, 0.5) is 11.4 Å². The second-order valence-electron chi connectivity index (χ2n) is 4.05. The molecule has 4 nitrogen and oxygen atoms in total. The number of carbonyl (C=O) groups is 1. The van der Waals surface area contributed by atoms with Crippen molar-refractivity contribution in [3.05, 3.63) is 59.7 Å². The number of amides is 1. The molecule has 0 bridgehead atoms. The van der Waals surface area contributed by atoms with Gasteiger partial charge in [-0.2, -0.15) is 0 Å². The van der Waals surface area contributed by atoms with Crippen molar-refractivity contribution in [1.82, 2.24) is 5.32 Å². The number of nitrogen functional groups attached to an aromatic ring is 2. The molecular formula is C16H21N3O. The Morgan fingerprint density at radius 2 is 1.65 bits per heavy atom. The lowest BCUT2D eigenvalue weighted by Crippen LogP contribution is -2.22. The Morgan fingerprint density at radius 1 is 1.00 bits per heavy atom. The van der Waals surface area contributed by atoms with E-state index in [1.807, 2.05) is 38.1 Å². The van der Waals surface area contributed by atoms with Gasteiger partial charge in [0, 0.05) is 23.5 Å². The third kappa shape index (κ3) is 4.65. The SMILES string of the molecule is CC.Nc1ccc(C(=O)NCc2cccc(N)c2)cc1. The number of rotatable bonds is 3. The summed E-state index contributed by atoms with van der Waals surface area (Å²) in [5.41, 5.74) is 14.1. The van der Waals surface area contributed by atoms with E-state index in [2.05, 4.69) is 5.32 Å². The van der Waals surface area contributed by atoms with Crippen LogP contribution >= 0.6 is 0 Å². The number of carbonyl (C=O) groups excluding carboxylic acids is 1. The van der Waals surface area contributed by atoms with Gasteiger partial charge >= 0.3 is 0 Å². The fourth-order valence-corrected chi connectivity index (χ4v) is 1.62. The van der Waals surface area contributed by atoms with Crippen molar-refractivity contribution in [3.8, 4) is 0 Å². The summed E-state index contributed by atoms with van der Waals surface area (Å²) in [6.45, 7) is 4.45. The quantitative estimate of drug-likeness (QED) is 0.751. The molecule has 0 aliphatic carbocycles. The molecule has 1 amide bonds. The highest BCUT2D eigenvalue weighted by molar-refractivity contribution is 5.94. The van der Waals surface area contributed by atoms with Crippen LogP contribution in [0.2, 0.25) is 0 Å². The summed E-state index contributed by atoms with van der Waals surface area (Å²) in [4.78, 5) is 11.8. The van der Waals surface area contributed by atoms with E-state index in [0.29, 0.717) is 23.5 Å². The normalized spacial score (nSPS) is 9.30. The monoisotopic (exact) mass is 271 g/mol. The zero-order valence-electron chi connectivity index (χ0n) is 11.9. The van der Waals surface area contributed by atoms with Crippen LogP contribution in [-0.2, 0) is 6.54 Å². The van der Waals surface area contributed by atoms with Crippen LogP contribution in [0.25, 0.3) is 0 Å². The lowest BCUT2D eigenvalue weighted by molar-refractivity contribution is 0.0951. The molecule has 2 aromatic carbocycles. The number of nitrogens with one attached hydrogen (secondary N) is 1. The summed E-state index contributed by atoms with van der Waals surface area (Å²) in [6, 6.07) is 14.2. The topological polar surface area (TPSA) is 81.1 Å². The molecule has 0 aromatic heterocycles. The van der Waals surface area contributed by atoms with Crippen molar-refractivity contribution < 1.29 is 4.79 Å². The van der Waals surface area contributed by atoms with E-state index >= 15 is 0 Å². The molecule has 106 valence electrons. The standard InChI is InChI=1S/C14H15N3O.C2H6/c15-12-6-4-11(5-7-12)14(18)17-9-10-2-1-3-13(16)8-10;1-2/h1-8H,9,15-16H2,(H,17,18);1-2H3. The first-order valence-corrected chi connectivity index (χ1v) is 6.63. The molecule has 5 N–H and O–H groups in total. The molecule has 4 heteroatoms. The Bertz CT molecular complexity index is 550. The number of nitrogens with two attached hydrogens (primary N) is 2. The first-order chi connectivity index (χ1) is 9.65. The Labute approximate surface area is 119 Å². The van der Waals surface area contributed by atoms with Crippen LogP contribution in [0.1, 0.15) is 29.8 Å². The Balaban J connectivity index is 0.000000956. The van der Waals surface area contributed by atoms with Gasteiger partial charge in [-0.3, -0.25) is 4.79 Å². The predicted octanol–water partition coefficient (Wildman–Crippen LogP) is 2.81. The van der Waals surface area contributed by atoms with Crippen molar-refractivity contribution >= 4 is 17.3 Å². The van der Waals surface area contributed by atoms with Gasteiger partial charge in [-0.25, -0.2) is 0 Å². The Morgan fingerprint density at radius 3 is 2.25 bits per heavy atom. The van der Waals surface area contributed by atoms with Gasteiger partial charge in [-0.15, -0.1) is 0 Å². The van der Waals surface area contributed by atoms with Gasteiger partial charge in [0.2, 0.25) is 0 Å². The molecule has 0 aliphatic rings. The highest BCUT2D eigenvalue weighted by Crippen LogP contribution is 2.08. The summed E-state index contributed by atoms with van der Waals surface area (Å²) < 4.78 is 0. The summed E-state index contributed by atoms with van der Waals surface area (Å²) in [7, 11) is 0. The summed E-state index contributed by atoms with van der Waals surface area (Å²) in [5, 5.41) is 2.83. The molecule has 0 spiro atoms. The Kier molecular flexibility index (Phi) is 6.10. The second kappa shape index (κ2) is 7.84. The van der Waals surface area contributed by atoms with Gasteiger partial charge in [-0.05, 0) is 42.0 Å². The second-order valence-corrected chi connectivity index (χ2v) is 4.05. The molecule has 2 rings (SSSR count). The van der Waals surface area contributed by atoms with Crippen molar-refractivity contribution in [1.29, 1.82) is 0 Å². The zero-order chi connectivity index (χ0) is 15.0. The van der Waals surface area contributed by atoms with Gasteiger partial charge in [0.25, 0.3) is 5.91 Å². The molecule has 0 aliphatic heterocycles. The fraction of sp³-hybridized carbons (Fsp3) is 0.188. The average molecular weight is 271 g/mol. The molecular weight excluding hydrogens is 250 g/mol. The van der Waals surface area contributed by atoms with Crippen LogP contribution in [0.3, 0.4) is 0 Å². The van der Waals surface area contributed by atoms with Crippen molar-refractivity contribution in [2.45, 2.75) is 20.4 Å². The molecule has 0 saturated heterocycles. The van der Waals surface area contributed by atoms with Crippen LogP contribution in [0, 0.1) is 0 Å². The number of anilines is 2. The summed E-state index contributed by atoms with van der Waals surface area (Å²) in [5.74, 6) is -0.127. The fourth-order valence-electron chi connectivity index (χ4n) is 1.62. The average Bonchev–Trinajstić information content (AvgIpc) is 2.48. The minimum absolute atomic E-state index is 0.127. The Hall–Kier alpha value is -2.49. The minimum atomic E-state index is -0.127. The van der Waals surface area contributed by atoms with Crippen LogP contribution in [-0.4, -0.2) is 5.91 Å². The lowest BCUT2D eigenvalue weighted by Gasteiger charge is -2.06. The smallest absolute Gasteiger partial charge is 0.251 e. The largest absolute Gasteiger partial charge is 0.399 e. The number of benzene rings is 2. The van der Waals surface area contributed by atoms with E-state index in [9.17, 15) is 4.79 Å². The molecule has 0 fully saturated rings. The first kappa shape index (κ1) is 15.6. The summed E-state index contributed by atoms with van der Waals surface area (Å²) in [6.07, 6.45) is 0. The van der Waals surface area contributed by atoms with Gasteiger partial charge in [0.1, 0.15) is 0 Å². The van der Waals surface area contributed by atoms with Crippen LogP contribution < -0.4 is 16.8 Å². The number of hydrogen-bond donors (Lipinski definition) is 3. The van der Waals surface area contributed by atoms with Gasteiger partial charge in [0.05, 0.1) is 0 Å². The van der Waals surface area contributed by atoms with Gasteiger partial charge in [0.15, 0.2) is 0 Å². The lowest BCUT2D eigenvalue weighted by atomic mass is 10.1. The van der Waals surface area contributed by atoms with Crippen molar-refractivity contribution in [3.63, 3.8) is 0 Å². The molecule has 0 atom stereocenters. The maximum atomic E-state index is 11.8. The van der Waals surface area contributed by atoms with E-state index in [-0.39, 0.29) is 5.91 Å². The zero-order valence-corrected chi connectivity index (χ0v) is 11.9. The third-order valence-electron chi connectivity index (χ3n) is 2.58. The van der Waals surface area contributed by atoms with Crippen molar-refractivity contribution in [2.24, 2.45) is 0 Å². The maximum absolute atomic E-state index is 11.8. The van der Waals surface area contributed by atoms with E-state index < -0.39 is 0 Å². The van der Waals surface area contributed by atoms with E-state index in [4.69, 9.17) is 11.5 Å². The highest BCUT2D eigenvalue weighted by Gasteiger charge is 2.04. The van der Waals surface area contributed by atoms with Gasteiger partial charge < -0.3 is 16.8 Å². The minimum Gasteiger partial charge on any atom is -0.399 e. The predicted molar refractivity (Wildman–Crippen MR) is 84.2 cm³/mol. The van der Waals surface area contributed by atoms with Crippen LogP contribution in [0.5, 0.6) is 0 Å². The molecule has 2 aromatic rings. The van der Waals surface area contributed by atoms with Crippen LogP contribution in [0.15, 0.2) is 48.5 Å². The summed E-state index contributed by atoms with van der Waals surface area (Å²) >= 11 is 0. The molecule has 20 heavy (non-hydrogen) atoms. The molecule has 0 unspecified atom stereocenters. The van der Waals surface area contributed by atoms with E-state index in [1.165, 1.54) is 0 Å². The molecule has 0 radical (unpaired) electrons. The van der Waals surface area contributed by atoms with Crippen molar-refractivity contribution in [2.75, 3.05) is 11.5 Å². The molecule has 0 saturated carbocycles. The van der Waals surface area contributed by atoms with E-state index in [1.54, 1.807) is 24.3 Å². The highest BCUT2D eigenvalue weighted by atomic mass is 16.1. The molecule has 0 heterocycles. The first-order valence-electron chi connectivity index (χ1n) is 6.63. The third-order valence-corrected chi connectivity index (χ3v) is 2.58. The van der Waals surface area contributed by atoms with E-state index in [0.717, 1.165) is 5.56 Å².